The summed E-state index contributed by atoms with van der Waals surface area (Å²) in [5.41, 5.74) is 1.31. The van der Waals surface area contributed by atoms with Crippen molar-refractivity contribution in [2.45, 2.75) is 56.9 Å². The number of urea groups is 1. The molecule has 1 aliphatic carbocycles. The summed E-state index contributed by atoms with van der Waals surface area (Å²) in [4.78, 5) is 18.9. The summed E-state index contributed by atoms with van der Waals surface area (Å²) in [6, 6.07) is 10.7. The summed E-state index contributed by atoms with van der Waals surface area (Å²) in [7, 11) is 0. The van der Waals surface area contributed by atoms with Crippen molar-refractivity contribution in [3.63, 3.8) is 0 Å². The first-order valence-electron chi connectivity index (χ1n) is 9.55. The molecule has 1 saturated carbocycles. The van der Waals surface area contributed by atoms with Crippen LogP contribution >= 0.6 is 0 Å². The highest BCUT2D eigenvalue weighted by Crippen LogP contribution is 2.40. The number of carbonyl (C=O) groups is 1. The molecule has 6 nitrogen and oxygen atoms in total. The van der Waals surface area contributed by atoms with Gasteiger partial charge in [-0.2, -0.15) is 4.98 Å². The first-order chi connectivity index (χ1) is 12.6. The Hall–Kier alpha value is -2.37. The van der Waals surface area contributed by atoms with Crippen LogP contribution in [-0.4, -0.2) is 40.2 Å². The van der Waals surface area contributed by atoms with Crippen LogP contribution in [0.4, 0.5) is 4.79 Å². The van der Waals surface area contributed by atoms with Gasteiger partial charge >= 0.3 is 6.03 Å². The highest BCUT2D eigenvalue weighted by Gasteiger charge is 2.40. The predicted molar refractivity (Wildman–Crippen MR) is 98.1 cm³/mol. The van der Waals surface area contributed by atoms with Crippen molar-refractivity contribution in [1.29, 1.82) is 0 Å². The van der Waals surface area contributed by atoms with Gasteiger partial charge in [0.15, 0.2) is 5.82 Å². The lowest BCUT2D eigenvalue weighted by atomic mass is 9.97. The van der Waals surface area contributed by atoms with Gasteiger partial charge in [-0.1, -0.05) is 49.3 Å². The van der Waals surface area contributed by atoms with Gasteiger partial charge in [0.25, 0.3) is 0 Å². The quantitative estimate of drug-likeness (QED) is 0.910. The van der Waals surface area contributed by atoms with E-state index in [1.807, 2.05) is 11.0 Å². The molecule has 2 heterocycles. The van der Waals surface area contributed by atoms with E-state index in [9.17, 15) is 4.79 Å². The van der Waals surface area contributed by atoms with Gasteiger partial charge in [-0.25, -0.2) is 4.79 Å². The highest BCUT2D eigenvalue weighted by molar-refractivity contribution is 5.75. The molecule has 138 valence electrons. The Bertz CT molecular complexity index is 750. The minimum absolute atomic E-state index is 0.0558. The van der Waals surface area contributed by atoms with Gasteiger partial charge in [-0.05, 0) is 24.8 Å². The van der Waals surface area contributed by atoms with Gasteiger partial charge < -0.3 is 14.7 Å². The van der Waals surface area contributed by atoms with Gasteiger partial charge in [0.2, 0.25) is 5.89 Å². The number of rotatable bonds is 4. The molecule has 2 aromatic rings. The molecule has 1 aromatic heterocycles. The second-order valence-electron chi connectivity index (χ2n) is 7.72. The molecule has 1 N–H and O–H groups in total. The Morgan fingerprint density at radius 2 is 1.96 bits per heavy atom. The molecule has 2 unspecified atom stereocenters. The average molecular weight is 354 g/mol. The third-order valence-electron chi connectivity index (χ3n) is 5.43. The lowest BCUT2D eigenvalue weighted by Gasteiger charge is -2.30. The second kappa shape index (κ2) is 7.09. The number of hydrogen-bond acceptors (Lipinski definition) is 4. The minimum Gasteiger partial charge on any atom is -0.339 e. The van der Waals surface area contributed by atoms with Crippen molar-refractivity contribution in [3.05, 3.63) is 47.6 Å². The number of nitrogens with zero attached hydrogens (tertiary/aromatic N) is 3. The van der Waals surface area contributed by atoms with Crippen LogP contribution in [-0.2, 0) is 0 Å². The molecule has 0 bridgehead atoms. The fraction of sp³-hybridized carbons (Fsp3) is 0.550. The van der Waals surface area contributed by atoms with Crippen molar-refractivity contribution in [2.24, 2.45) is 0 Å². The fourth-order valence-electron chi connectivity index (χ4n) is 3.65. The van der Waals surface area contributed by atoms with Gasteiger partial charge in [-0.15, -0.1) is 0 Å². The van der Waals surface area contributed by atoms with E-state index >= 15 is 0 Å². The third-order valence-corrected chi connectivity index (χ3v) is 5.43. The first kappa shape index (κ1) is 17.1. The maximum Gasteiger partial charge on any atom is 0.317 e. The van der Waals surface area contributed by atoms with E-state index in [1.165, 1.54) is 5.56 Å². The summed E-state index contributed by atoms with van der Waals surface area (Å²) in [5, 5.41) is 7.23. The lowest BCUT2D eigenvalue weighted by Crippen LogP contribution is -2.45. The molecular formula is C20H26N4O2. The van der Waals surface area contributed by atoms with Crippen molar-refractivity contribution >= 4 is 6.03 Å². The van der Waals surface area contributed by atoms with Crippen LogP contribution in [0.3, 0.4) is 0 Å². The van der Waals surface area contributed by atoms with Crippen LogP contribution in [0.1, 0.15) is 68.1 Å². The first-order valence-corrected chi connectivity index (χ1v) is 9.55. The molecule has 0 spiro atoms. The maximum atomic E-state index is 12.5. The average Bonchev–Trinajstić information content (AvgIpc) is 3.24. The van der Waals surface area contributed by atoms with Crippen molar-refractivity contribution in [3.8, 4) is 0 Å². The number of aromatic nitrogens is 2. The number of amides is 2. The summed E-state index contributed by atoms with van der Waals surface area (Å²) < 4.78 is 5.42. The molecule has 2 amide bonds. The fourth-order valence-corrected chi connectivity index (χ4v) is 3.65. The molecule has 6 heteroatoms. The highest BCUT2D eigenvalue weighted by atomic mass is 16.5. The molecule has 1 saturated heterocycles. The van der Waals surface area contributed by atoms with Crippen molar-refractivity contribution < 1.29 is 9.32 Å². The zero-order valence-electron chi connectivity index (χ0n) is 15.4. The van der Waals surface area contributed by atoms with Gasteiger partial charge in [0, 0.05) is 36.9 Å². The SMILES string of the molecule is CC(C)c1noc(C2CCN(C(=O)NC3CC3c3ccccc3)CC2)n1. The number of piperidine rings is 1. The summed E-state index contributed by atoms with van der Waals surface area (Å²) in [5.74, 6) is 2.48. The van der Waals surface area contributed by atoms with Gasteiger partial charge in [-0.3, -0.25) is 0 Å². The van der Waals surface area contributed by atoms with Crippen LogP contribution in [0.5, 0.6) is 0 Å². The van der Waals surface area contributed by atoms with Crippen LogP contribution in [0.15, 0.2) is 34.9 Å². The van der Waals surface area contributed by atoms with Crippen molar-refractivity contribution in [1.82, 2.24) is 20.4 Å². The topological polar surface area (TPSA) is 71.3 Å². The summed E-state index contributed by atoms with van der Waals surface area (Å²) in [6.45, 7) is 5.58. The van der Waals surface area contributed by atoms with Crippen LogP contribution < -0.4 is 5.32 Å². The molecular weight excluding hydrogens is 328 g/mol. The second-order valence-corrected chi connectivity index (χ2v) is 7.72. The van der Waals surface area contributed by atoms with E-state index in [1.54, 1.807) is 0 Å². The summed E-state index contributed by atoms with van der Waals surface area (Å²) >= 11 is 0. The van der Waals surface area contributed by atoms with Crippen LogP contribution in [0, 0.1) is 0 Å². The monoisotopic (exact) mass is 354 g/mol. The lowest BCUT2D eigenvalue weighted by molar-refractivity contribution is 0.174. The number of carbonyl (C=O) groups excluding carboxylic acids is 1. The Morgan fingerprint density at radius 3 is 2.62 bits per heavy atom. The number of likely N-dealkylation sites (tertiary alicyclic amines) is 1. The zero-order valence-corrected chi connectivity index (χ0v) is 15.4. The Morgan fingerprint density at radius 1 is 1.23 bits per heavy atom. The molecule has 2 atom stereocenters. The van der Waals surface area contributed by atoms with E-state index in [0.717, 1.165) is 44.1 Å². The number of benzene rings is 1. The predicted octanol–water partition coefficient (Wildman–Crippen LogP) is 3.64. The largest absolute Gasteiger partial charge is 0.339 e. The van der Waals surface area contributed by atoms with Gasteiger partial charge in [0.05, 0.1) is 0 Å². The molecule has 26 heavy (non-hydrogen) atoms. The van der Waals surface area contributed by atoms with Crippen LogP contribution in [0.2, 0.25) is 0 Å². The van der Waals surface area contributed by atoms with E-state index in [4.69, 9.17) is 4.52 Å². The third kappa shape index (κ3) is 3.59. The van der Waals surface area contributed by atoms with E-state index < -0.39 is 0 Å². The molecule has 4 rings (SSSR count). The zero-order chi connectivity index (χ0) is 18.1. The smallest absolute Gasteiger partial charge is 0.317 e. The maximum absolute atomic E-state index is 12.5. The number of hydrogen-bond donors (Lipinski definition) is 1. The molecule has 0 radical (unpaired) electrons. The Labute approximate surface area is 154 Å². The standard InChI is InChI=1S/C20H26N4O2/c1-13(2)18-22-19(26-23-18)15-8-10-24(11-9-15)20(25)21-17-12-16(17)14-6-4-3-5-7-14/h3-7,13,15-17H,8-12H2,1-2H3,(H,21,25). The van der Waals surface area contributed by atoms with E-state index in [0.29, 0.717) is 5.92 Å². The summed E-state index contributed by atoms with van der Waals surface area (Å²) in [6.07, 6.45) is 2.78. The Kier molecular flexibility index (Phi) is 4.66. The molecule has 2 fully saturated rings. The minimum atomic E-state index is 0.0558. The Balaban J connectivity index is 1.26. The molecule has 2 aliphatic rings. The van der Waals surface area contributed by atoms with Gasteiger partial charge in [0.1, 0.15) is 0 Å². The van der Waals surface area contributed by atoms with Crippen LogP contribution in [0.25, 0.3) is 0 Å². The van der Waals surface area contributed by atoms with E-state index in [-0.39, 0.29) is 23.9 Å². The van der Waals surface area contributed by atoms with E-state index in [2.05, 4.69) is 53.6 Å². The normalized spacial score (nSPS) is 23.3. The molecule has 1 aromatic carbocycles. The number of nitrogens with one attached hydrogen (secondary N) is 1. The molecule has 1 aliphatic heterocycles. The van der Waals surface area contributed by atoms with Crippen molar-refractivity contribution in [2.75, 3.05) is 13.1 Å².